The molecule has 222 valence electrons. The Morgan fingerprint density at radius 2 is 1.81 bits per heavy atom. The second kappa shape index (κ2) is 13.8. The molecule has 1 unspecified atom stereocenters. The Hall–Kier alpha value is -3.64. The van der Waals surface area contributed by atoms with Gasteiger partial charge in [-0.1, -0.05) is 65.4 Å². The zero-order valence-electron chi connectivity index (χ0n) is 23.1. The third-order valence-electron chi connectivity index (χ3n) is 6.41. The second-order valence-electron chi connectivity index (χ2n) is 9.27. The summed E-state index contributed by atoms with van der Waals surface area (Å²) in [6.07, 6.45) is 3.80. The summed E-state index contributed by atoms with van der Waals surface area (Å²) in [5, 5.41) is 21.1. The molecule has 43 heavy (non-hydrogen) atoms. The maximum atomic E-state index is 13.6. The van der Waals surface area contributed by atoms with Crippen LogP contribution in [0.4, 0.5) is 5.13 Å². The van der Waals surface area contributed by atoms with Gasteiger partial charge >= 0.3 is 5.91 Å². The van der Waals surface area contributed by atoms with Gasteiger partial charge in [0.15, 0.2) is 15.8 Å². The lowest BCUT2D eigenvalue weighted by molar-refractivity contribution is -0.132. The van der Waals surface area contributed by atoms with Crippen molar-refractivity contribution >= 4 is 68.9 Å². The number of thioether (sulfide) groups is 1. The minimum Gasteiger partial charge on any atom is -0.507 e. The predicted octanol–water partition coefficient (Wildman–Crippen LogP) is 7.35. The van der Waals surface area contributed by atoms with Crippen molar-refractivity contribution in [3.05, 3.63) is 93.2 Å². The number of Topliss-reactive ketones (excluding diaryl/α,β-unsaturated/α-hetero) is 1. The number of amides is 1. The molecule has 9 nitrogen and oxygen atoms in total. The van der Waals surface area contributed by atoms with E-state index in [9.17, 15) is 14.7 Å². The van der Waals surface area contributed by atoms with Crippen LogP contribution in [0.15, 0.2) is 70.8 Å². The smallest absolute Gasteiger partial charge is 0.301 e. The molecular formula is C30H26Cl2N4O5S2. The fraction of sp³-hybridized carbons (Fsp3) is 0.233. The average Bonchev–Trinajstić information content (AvgIpc) is 3.58. The monoisotopic (exact) mass is 656 g/mol. The van der Waals surface area contributed by atoms with Crippen LogP contribution in [0.3, 0.4) is 0 Å². The maximum Gasteiger partial charge on any atom is 0.301 e. The molecule has 2 aromatic heterocycles. The van der Waals surface area contributed by atoms with E-state index < -0.39 is 17.7 Å². The molecule has 1 saturated heterocycles. The van der Waals surface area contributed by atoms with Crippen molar-refractivity contribution in [1.82, 2.24) is 15.2 Å². The molecule has 2 aromatic carbocycles. The highest BCUT2D eigenvalue weighted by atomic mass is 35.5. The molecule has 1 amide bonds. The number of anilines is 1. The van der Waals surface area contributed by atoms with Gasteiger partial charge in [0, 0.05) is 33.8 Å². The zero-order valence-corrected chi connectivity index (χ0v) is 26.3. The molecule has 3 heterocycles. The molecule has 0 saturated carbocycles. The van der Waals surface area contributed by atoms with Crippen molar-refractivity contribution in [2.45, 2.75) is 36.4 Å². The Bertz CT molecular complexity index is 1680. The lowest BCUT2D eigenvalue weighted by Gasteiger charge is -2.23. The van der Waals surface area contributed by atoms with Crippen LogP contribution in [0.1, 0.15) is 43.0 Å². The standard InChI is InChI=1S/C30H26Cl2N4O5S2/c1-3-13-41-22-8-6-18(14-23(22)40-4-2)25-24(26(37)17-9-11-33-12-10-17)27(38)28(39)36(25)29-34-35-30(43-29)42-16-19-5-7-20(31)15-21(19)32/h5-12,14-15,25,37H,3-4,13,16H2,1-2H3. The van der Waals surface area contributed by atoms with Crippen LogP contribution < -0.4 is 14.4 Å². The SMILES string of the molecule is CCCOc1ccc(C2C(=C(O)c3ccncc3)C(=O)C(=O)N2c2nnc(SCc3ccc(Cl)cc3Cl)s2)cc1OCC. The Kier molecular flexibility index (Phi) is 9.86. The molecule has 4 aromatic rings. The normalized spacial score (nSPS) is 16.1. The van der Waals surface area contributed by atoms with Gasteiger partial charge in [0.1, 0.15) is 5.76 Å². The molecule has 1 atom stereocenters. The molecule has 1 fully saturated rings. The molecule has 1 N–H and O–H groups in total. The van der Waals surface area contributed by atoms with Crippen LogP contribution in [-0.2, 0) is 15.3 Å². The molecule has 5 rings (SSSR count). The Morgan fingerprint density at radius 3 is 2.53 bits per heavy atom. The third kappa shape index (κ3) is 6.65. The molecule has 0 bridgehead atoms. The largest absolute Gasteiger partial charge is 0.507 e. The highest BCUT2D eigenvalue weighted by molar-refractivity contribution is 8.00. The first-order valence-corrected chi connectivity index (χ1v) is 15.9. The summed E-state index contributed by atoms with van der Waals surface area (Å²) >= 11 is 14.9. The van der Waals surface area contributed by atoms with Crippen LogP contribution in [0.5, 0.6) is 11.5 Å². The summed E-state index contributed by atoms with van der Waals surface area (Å²) in [5.74, 6) is -0.523. The van der Waals surface area contributed by atoms with Crippen LogP contribution in [0.25, 0.3) is 5.76 Å². The summed E-state index contributed by atoms with van der Waals surface area (Å²) in [6, 6.07) is 12.6. The predicted molar refractivity (Wildman–Crippen MR) is 168 cm³/mol. The van der Waals surface area contributed by atoms with Crippen LogP contribution in [0.2, 0.25) is 10.0 Å². The van der Waals surface area contributed by atoms with Crippen molar-refractivity contribution in [1.29, 1.82) is 0 Å². The van der Waals surface area contributed by atoms with Gasteiger partial charge in [0.2, 0.25) is 5.13 Å². The molecule has 1 aliphatic heterocycles. The molecule has 0 radical (unpaired) electrons. The molecule has 1 aliphatic rings. The van der Waals surface area contributed by atoms with Gasteiger partial charge in [-0.25, -0.2) is 0 Å². The Balaban J connectivity index is 1.56. The number of hydrogen-bond acceptors (Lipinski definition) is 10. The van der Waals surface area contributed by atoms with Gasteiger partial charge in [0.05, 0.1) is 24.8 Å². The number of pyridine rings is 1. The maximum absolute atomic E-state index is 13.6. The van der Waals surface area contributed by atoms with Gasteiger partial charge in [-0.3, -0.25) is 19.5 Å². The van der Waals surface area contributed by atoms with E-state index >= 15 is 0 Å². The quantitative estimate of drug-likeness (QED) is 0.0582. The summed E-state index contributed by atoms with van der Waals surface area (Å²) in [7, 11) is 0. The van der Waals surface area contributed by atoms with Crippen molar-refractivity contribution in [2.24, 2.45) is 0 Å². The number of rotatable bonds is 11. The van der Waals surface area contributed by atoms with E-state index in [4.69, 9.17) is 32.7 Å². The number of ketones is 1. The first kappa shape index (κ1) is 30.8. The number of carbonyl (C=O) groups is 2. The fourth-order valence-corrected chi connectivity index (χ4v) is 6.87. The van der Waals surface area contributed by atoms with Gasteiger partial charge in [-0.15, -0.1) is 10.2 Å². The third-order valence-corrected chi connectivity index (χ3v) is 9.10. The number of hydrogen-bond donors (Lipinski definition) is 1. The minimum absolute atomic E-state index is 0.0850. The lowest BCUT2D eigenvalue weighted by Crippen LogP contribution is -2.29. The van der Waals surface area contributed by atoms with Crippen LogP contribution in [0, 0.1) is 0 Å². The second-order valence-corrected chi connectivity index (χ2v) is 12.3. The summed E-state index contributed by atoms with van der Waals surface area (Å²) < 4.78 is 12.3. The van der Waals surface area contributed by atoms with Crippen molar-refractivity contribution in [3.8, 4) is 11.5 Å². The number of nitrogens with zero attached hydrogens (tertiary/aromatic N) is 4. The number of carbonyl (C=O) groups excluding carboxylic acids is 2. The Morgan fingerprint density at radius 1 is 1.02 bits per heavy atom. The minimum atomic E-state index is -1.01. The average molecular weight is 658 g/mol. The summed E-state index contributed by atoms with van der Waals surface area (Å²) in [6.45, 7) is 4.72. The highest BCUT2D eigenvalue weighted by Gasteiger charge is 2.48. The van der Waals surface area contributed by atoms with Crippen molar-refractivity contribution < 1.29 is 24.2 Å². The summed E-state index contributed by atoms with van der Waals surface area (Å²) in [4.78, 5) is 32.4. The van der Waals surface area contributed by atoms with Crippen molar-refractivity contribution in [2.75, 3.05) is 18.1 Å². The van der Waals surface area contributed by atoms with E-state index in [-0.39, 0.29) is 16.5 Å². The summed E-state index contributed by atoms with van der Waals surface area (Å²) in [5.41, 5.74) is 1.65. The van der Waals surface area contributed by atoms with E-state index in [2.05, 4.69) is 15.2 Å². The van der Waals surface area contributed by atoms with E-state index in [0.717, 1.165) is 23.3 Å². The molecule has 0 aliphatic carbocycles. The van der Waals surface area contributed by atoms with Crippen molar-refractivity contribution in [3.63, 3.8) is 0 Å². The van der Waals surface area contributed by atoms with Gasteiger partial charge in [-0.05, 0) is 60.9 Å². The first-order chi connectivity index (χ1) is 20.8. The lowest BCUT2D eigenvalue weighted by atomic mass is 9.95. The fourth-order valence-electron chi connectivity index (χ4n) is 4.44. The molecular weight excluding hydrogens is 631 g/mol. The van der Waals surface area contributed by atoms with E-state index in [1.165, 1.54) is 29.1 Å². The van der Waals surface area contributed by atoms with E-state index in [1.54, 1.807) is 42.5 Å². The number of benzene rings is 2. The molecule has 13 heteroatoms. The van der Waals surface area contributed by atoms with Crippen LogP contribution in [-0.4, -0.2) is 45.2 Å². The van der Waals surface area contributed by atoms with Gasteiger partial charge in [-0.2, -0.15) is 0 Å². The topological polar surface area (TPSA) is 115 Å². The van der Waals surface area contributed by atoms with E-state index in [1.807, 2.05) is 19.9 Å². The van der Waals surface area contributed by atoms with Gasteiger partial charge < -0.3 is 14.6 Å². The number of aliphatic hydroxyl groups excluding tert-OH is 1. The Labute approximate surface area is 266 Å². The van der Waals surface area contributed by atoms with E-state index in [0.29, 0.717) is 56.0 Å². The first-order valence-electron chi connectivity index (χ1n) is 13.3. The number of ether oxygens (including phenoxy) is 2. The zero-order chi connectivity index (χ0) is 30.5. The van der Waals surface area contributed by atoms with Gasteiger partial charge in [0.25, 0.3) is 5.78 Å². The number of aliphatic hydroxyl groups is 1. The highest BCUT2D eigenvalue weighted by Crippen LogP contribution is 2.45. The molecule has 0 spiro atoms. The number of halogens is 2. The number of aromatic nitrogens is 3. The van der Waals surface area contributed by atoms with Crippen LogP contribution >= 0.6 is 46.3 Å².